The fraction of sp³-hybridized carbons (Fsp3) is 0. The molecule has 0 fully saturated rings. The molecule has 2 N–H and O–H groups in total. The van der Waals surface area contributed by atoms with Crippen LogP contribution in [0.15, 0.2) is 87.9 Å². The SMILES string of the molecule is O=S(=O)(O)c1ccc(N=Nc2ccc(O)c3ccccc23)c2ccccc12.[Na+]. The maximum atomic E-state index is 11.6. The second-order valence-electron chi connectivity index (χ2n) is 5.95. The molecule has 4 aromatic carbocycles. The molecule has 0 unspecified atom stereocenters. The first-order valence-corrected chi connectivity index (χ1v) is 9.51. The number of aromatic hydroxyl groups is 1. The summed E-state index contributed by atoms with van der Waals surface area (Å²) in [6, 6.07) is 20.1. The zero-order valence-electron chi connectivity index (χ0n) is 14.9. The molecule has 0 aliphatic rings. The summed E-state index contributed by atoms with van der Waals surface area (Å²) in [6.07, 6.45) is 0. The Morgan fingerprint density at radius 2 is 1.11 bits per heavy atom. The third-order valence-corrected chi connectivity index (χ3v) is 5.19. The van der Waals surface area contributed by atoms with Crippen LogP contribution in [0, 0.1) is 0 Å². The van der Waals surface area contributed by atoms with Crippen molar-refractivity contribution in [2.24, 2.45) is 10.2 Å². The number of hydrogen-bond acceptors (Lipinski definition) is 5. The van der Waals surface area contributed by atoms with Gasteiger partial charge in [-0.05, 0) is 24.3 Å². The van der Waals surface area contributed by atoms with Crippen LogP contribution in [-0.2, 0) is 10.1 Å². The van der Waals surface area contributed by atoms with Gasteiger partial charge in [-0.25, -0.2) is 0 Å². The molecule has 28 heavy (non-hydrogen) atoms. The quantitative estimate of drug-likeness (QED) is 0.313. The van der Waals surface area contributed by atoms with Gasteiger partial charge in [0.15, 0.2) is 0 Å². The van der Waals surface area contributed by atoms with Gasteiger partial charge in [0.25, 0.3) is 10.1 Å². The molecule has 4 aromatic rings. The van der Waals surface area contributed by atoms with E-state index in [0.717, 1.165) is 5.39 Å². The second-order valence-corrected chi connectivity index (χ2v) is 7.34. The molecule has 8 heteroatoms. The van der Waals surface area contributed by atoms with Gasteiger partial charge >= 0.3 is 29.6 Å². The van der Waals surface area contributed by atoms with E-state index in [0.29, 0.717) is 27.5 Å². The number of rotatable bonds is 3. The Kier molecular flexibility index (Phi) is 5.83. The van der Waals surface area contributed by atoms with Gasteiger partial charge in [-0.3, -0.25) is 4.55 Å². The van der Waals surface area contributed by atoms with Crippen LogP contribution in [-0.4, -0.2) is 18.1 Å². The van der Waals surface area contributed by atoms with Crippen molar-refractivity contribution < 1.29 is 47.6 Å². The summed E-state index contributed by atoms with van der Waals surface area (Å²) in [6.45, 7) is 0. The minimum atomic E-state index is -4.35. The maximum Gasteiger partial charge on any atom is 1.00 e. The van der Waals surface area contributed by atoms with E-state index in [9.17, 15) is 18.1 Å². The number of azo groups is 1. The Labute approximate surface area is 183 Å². The van der Waals surface area contributed by atoms with Gasteiger partial charge < -0.3 is 5.11 Å². The normalized spacial score (nSPS) is 11.8. The number of fused-ring (bicyclic) bond motifs is 2. The van der Waals surface area contributed by atoms with E-state index in [1.54, 1.807) is 42.5 Å². The van der Waals surface area contributed by atoms with Crippen molar-refractivity contribution in [2.45, 2.75) is 4.90 Å². The van der Waals surface area contributed by atoms with Crippen LogP contribution in [0.5, 0.6) is 5.75 Å². The van der Waals surface area contributed by atoms with Crippen molar-refractivity contribution in [3.05, 3.63) is 72.8 Å². The average molecular weight is 401 g/mol. The third-order valence-electron chi connectivity index (χ3n) is 4.28. The molecule has 0 saturated heterocycles. The molecule has 4 rings (SSSR count). The zero-order chi connectivity index (χ0) is 19.0. The van der Waals surface area contributed by atoms with Crippen molar-refractivity contribution in [3.8, 4) is 5.75 Å². The van der Waals surface area contributed by atoms with Gasteiger partial charge in [0.05, 0.1) is 11.4 Å². The van der Waals surface area contributed by atoms with E-state index in [-0.39, 0.29) is 40.2 Å². The minimum Gasteiger partial charge on any atom is -0.507 e. The van der Waals surface area contributed by atoms with Crippen LogP contribution in [0.25, 0.3) is 21.5 Å². The minimum absolute atomic E-state index is 0. The van der Waals surface area contributed by atoms with Crippen molar-refractivity contribution in [1.82, 2.24) is 0 Å². The van der Waals surface area contributed by atoms with E-state index in [1.165, 1.54) is 12.1 Å². The second kappa shape index (κ2) is 7.98. The van der Waals surface area contributed by atoms with Crippen LogP contribution < -0.4 is 29.6 Å². The summed E-state index contributed by atoms with van der Waals surface area (Å²) in [5.41, 5.74) is 1.04. The van der Waals surface area contributed by atoms with E-state index >= 15 is 0 Å². The number of phenols is 1. The van der Waals surface area contributed by atoms with Crippen LogP contribution in [0.3, 0.4) is 0 Å². The van der Waals surface area contributed by atoms with Gasteiger partial charge in [0, 0.05) is 21.5 Å². The Hall–Kier alpha value is -2.29. The number of phenolic OH excluding ortho intramolecular Hbond substituents is 1. The topological polar surface area (TPSA) is 99.3 Å². The van der Waals surface area contributed by atoms with E-state index in [4.69, 9.17) is 0 Å². The molecule has 0 radical (unpaired) electrons. The summed E-state index contributed by atoms with van der Waals surface area (Å²) < 4.78 is 32.6. The first-order valence-electron chi connectivity index (χ1n) is 8.07. The van der Waals surface area contributed by atoms with Gasteiger partial charge in [-0.15, -0.1) is 10.2 Å². The summed E-state index contributed by atoms with van der Waals surface area (Å²) in [4.78, 5) is -0.174. The fourth-order valence-corrected chi connectivity index (χ4v) is 3.73. The van der Waals surface area contributed by atoms with Crippen molar-refractivity contribution in [2.75, 3.05) is 0 Å². The summed E-state index contributed by atoms with van der Waals surface area (Å²) in [5, 5.41) is 20.9. The average Bonchev–Trinajstić information content (AvgIpc) is 2.66. The first-order chi connectivity index (χ1) is 12.9. The fourth-order valence-electron chi connectivity index (χ4n) is 3.03. The molecule has 0 aliphatic heterocycles. The van der Waals surface area contributed by atoms with E-state index in [1.807, 2.05) is 18.2 Å². The van der Waals surface area contributed by atoms with Crippen molar-refractivity contribution in [1.29, 1.82) is 0 Å². The maximum absolute atomic E-state index is 11.6. The smallest absolute Gasteiger partial charge is 0.507 e. The van der Waals surface area contributed by atoms with Gasteiger partial charge in [0.2, 0.25) is 0 Å². The largest absolute Gasteiger partial charge is 1.00 e. The summed E-state index contributed by atoms with van der Waals surface area (Å²) >= 11 is 0. The predicted octanol–water partition coefficient (Wildman–Crippen LogP) is 2.36. The van der Waals surface area contributed by atoms with Crippen LogP contribution in [0.4, 0.5) is 11.4 Å². The Balaban J connectivity index is 0.00000225. The molecular formula is C20H14N2NaO4S+. The number of nitrogens with zero attached hydrogens (tertiary/aromatic N) is 2. The molecule has 0 aliphatic carbocycles. The van der Waals surface area contributed by atoms with Crippen LogP contribution in [0.1, 0.15) is 0 Å². The molecular weight excluding hydrogens is 387 g/mol. The first kappa shape index (κ1) is 20.4. The molecule has 0 bridgehead atoms. The van der Waals surface area contributed by atoms with Crippen LogP contribution >= 0.6 is 0 Å². The Morgan fingerprint density at radius 1 is 0.643 bits per heavy atom. The van der Waals surface area contributed by atoms with Gasteiger partial charge in [0.1, 0.15) is 10.6 Å². The summed E-state index contributed by atoms with van der Waals surface area (Å²) in [7, 11) is -4.35. The van der Waals surface area contributed by atoms with E-state index in [2.05, 4.69) is 10.2 Å². The van der Waals surface area contributed by atoms with Crippen molar-refractivity contribution in [3.63, 3.8) is 0 Å². The molecule has 0 heterocycles. The molecule has 0 saturated carbocycles. The molecule has 0 spiro atoms. The van der Waals surface area contributed by atoms with Gasteiger partial charge in [-0.2, -0.15) is 8.42 Å². The Bertz CT molecular complexity index is 1320. The zero-order valence-corrected chi connectivity index (χ0v) is 17.8. The predicted molar refractivity (Wildman–Crippen MR) is 104 cm³/mol. The van der Waals surface area contributed by atoms with E-state index < -0.39 is 10.1 Å². The standard InChI is InChI=1S/C20H14N2O4S.Na/c23-19-11-9-17(13-5-1-3-7-15(13)19)21-22-18-10-12-20(27(24,25)26)16-8-4-2-6-14(16)18;/h1-12,23H,(H,24,25,26);/q;+1. The third kappa shape index (κ3) is 3.80. The summed E-state index contributed by atoms with van der Waals surface area (Å²) in [5.74, 6) is 0.160. The van der Waals surface area contributed by atoms with Crippen LogP contribution in [0.2, 0.25) is 0 Å². The molecule has 6 nitrogen and oxygen atoms in total. The molecule has 0 amide bonds. The molecule has 0 atom stereocenters. The van der Waals surface area contributed by atoms with Crippen molar-refractivity contribution >= 4 is 43.0 Å². The van der Waals surface area contributed by atoms with Gasteiger partial charge in [-0.1, -0.05) is 48.5 Å². The number of benzene rings is 4. The molecule has 134 valence electrons. The monoisotopic (exact) mass is 401 g/mol. The Morgan fingerprint density at radius 3 is 1.68 bits per heavy atom. The molecule has 0 aromatic heterocycles. The number of hydrogen-bond donors (Lipinski definition) is 2.